The molecular weight excluding hydrogens is 283 g/mol. The molecule has 1 aliphatic rings. The predicted molar refractivity (Wildman–Crippen MR) is 99.6 cm³/mol. The molecule has 0 radical (unpaired) electrons. The van der Waals surface area contributed by atoms with Crippen LogP contribution in [0.5, 0.6) is 0 Å². The fourth-order valence-corrected chi connectivity index (χ4v) is 3.20. The Labute approximate surface area is 143 Å². The minimum atomic E-state index is -0.315. The largest absolute Gasteiger partial charge is 0.495 e. The third-order valence-electron chi connectivity index (χ3n) is 5.16. The Morgan fingerprint density at radius 1 is 0.783 bits per heavy atom. The monoisotopic (exact) mass is 316 g/mol. The molecule has 0 spiro atoms. The first kappa shape index (κ1) is 18.5. The average Bonchev–Trinajstić information content (AvgIpc) is 2.55. The summed E-state index contributed by atoms with van der Waals surface area (Å²) in [7, 11) is -0.309. The van der Waals surface area contributed by atoms with Gasteiger partial charge < -0.3 is 9.31 Å². The molecule has 1 aliphatic heterocycles. The van der Waals surface area contributed by atoms with Crippen LogP contribution in [0.1, 0.15) is 80.4 Å². The van der Waals surface area contributed by atoms with Crippen LogP contribution in [0, 0.1) is 0 Å². The fourth-order valence-electron chi connectivity index (χ4n) is 3.20. The molecule has 1 fully saturated rings. The molecule has 0 bridgehead atoms. The van der Waals surface area contributed by atoms with Crippen LogP contribution in [0.2, 0.25) is 0 Å². The number of hydrogen-bond acceptors (Lipinski definition) is 2. The third-order valence-corrected chi connectivity index (χ3v) is 5.16. The maximum Gasteiger partial charge on any atom is 0.495 e. The molecule has 3 heteroatoms. The van der Waals surface area contributed by atoms with E-state index in [0.717, 1.165) is 0 Å². The normalized spacial score (nSPS) is 20.9. The van der Waals surface area contributed by atoms with Gasteiger partial charge in [0.05, 0.1) is 11.2 Å². The zero-order chi connectivity index (χ0) is 17.8. The molecule has 1 heterocycles. The van der Waals surface area contributed by atoms with Crippen LogP contribution in [0.4, 0.5) is 0 Å². The molecule has 23 heavy (non-hydrogen) atoms. The van der Waals surface area contributed by atoms with Gasteiger partial charge in [0.25, 0.3) is 0 Å². The molecule has 128 valence electrons. The number of rotatable bonds is 1. The van der Waals surface area contributed by atoms with Crippen molar-refractivity contribution in [2.24, 2.45) is 0 Å². The molecule has 0 N–H and O–H groups in total. The summed E-state index contributed by atoms with van der Waals surface area (Å²) >= 11 is 0. The summed E-state index contributed by atoms with van der Waals surface area (Å²) in [4.78, 5) is 0. The van der Waals surface area contributed by atoms with E-state index in [1.165, 1.54) is 16.6 Å². The first-order valence-electron chi connectivity index (χ1n) is 8.66. The second kappa shape index (κ2) is 5.36. The van der Waals surface area contributed by atoms with Crippen LogP contribution >= 0.6 is 0 Å². The van der Waals surface area contributed by atoms with Crippen LogP contribution in [-0.2, 0) is 20.1 Å². The summed E-state index contributed by atoms with van der Waals surface area (Å²) in [5.41, 5.74) is 3.38. The fraction of sp³-hybridized carbons (Fsp3) is 0.700. The minimum Gasteiger partial charge on any atom is -0.399 e. The van der Waals surface area contributed by atoms with Gasteiger partial charge in [-0.2, -0.15) is 0 Å². The minimum absolute atomic E-state index is 0.0306. The predicted octanol–water partition coefficient (Wildman–Crippen LogP) is 4.58. The molecule has 0 aromatic heterocycles. The van der Waals surface area contributed by atoms with Gasteiger partial charge in [-0.15, -0.1) is 0 Å². The highest BCUT2D eigenvalue weighted by Crippen LogP contribution is 2.39. The standard InChI is InChI=1S/C20H33BO2/c1-17(2,3)14-12-11-13-15(16(14)18(4,5)6)21-22-19(7,8)20(9,10)23-21/h11-13H,1-10H3. The van der Waals surface area contributed by atoms with Crippen LogP contribution < -0.4 is 5.46 Å². The Morgan fingerprint density at radius 3 is 1.65 bits per heavy atom. The zero-order valence-corrected chi connectivity index (χ0v) is 16.6. The van der Waals surface area contributed by atoms with E-state index in [4.69, 9.17) is 9.31 Å². The van der Waals surface area contributed by atoms with Crippen molar-refractivity contribution in [1.29, 1.82) is 0 Å². The van der Waals surface area contributed by atoms with Crippen molar-refractivity contribution in [3.05, 3.63) is 29.3 Å². The lowest BCUT2D eigenvalue weighted by Crippen LogP contribution is -2.41. The lowest BCUT2D eigenvalue weighted by atomic mass is 9.65. The summed E-state index contributed by atoms with van der Waals surface area (Å²) in [5, 5.41) is 0. The second-order valence-corrected chi connectivity index (χ2v) is 9.86. The van der Waals surface area contributed by atoms with E-state index in [1.807, 2.05) is 0 Å². The SMILES string of the molecule is CC(C)(C)c1cccc(B2OC(C)(C)C(C)(C)O2)c1C(C)(C)C. The van der Waals surface area contributed by atoms with Crippen LogP contribution in [0.3, 0.4) is 0 Å². The lowest BCUT2D eigenvalue weighted by molar-refractivity contribution is 0.00578. The molecule has 0 saturated carbocycles. The Kier molecular flexibility index (Phi) is 4.32. The average molecular weight is 316 g/mol. The van der Waals surface area contributed by atoms with Gasteiger partial charge in [0, 0.05) is 0 Å². The summed E-state index contributed by atoms with van der Waals surface area (Å²) < 4.78 is 12.7. The summed E-state index contributed by atoms with van der Waals surface area (Å²) in [6.07, 6.45) is 0. The van der Waals surface area contributed by atoms with Crippen molar-refractivity contribution in [2.75, 3.05) is 0 Å². The summed E-state index contributed by atoms with van der Waals surface area (Å²) in [6.45, 7) is 22.1. The van der Waals surface area contributed by atoms with Gasteiger partial charge >= 0.3 is 7.12 Å². The lowest BCUT2D eigenvalue weighted by Gasteiger charge is -2.33. The van der Waals surface area contributed by atoms with Gasteiger partial charge in [-0.25, -0.2) is 0 Å². The topological polar surface area (TPSA) is 18.5 Å². The molecule has 2 rings (SSSR count). The highest BCUT2D eigenvalue weighted by atomic mass is 16.7. The molecule has 0 atom stereocenters. The van der Waals surface area contributed by atoms with E-state index in [1.54, 1.807) is 0 Å². The second-order valence-electron chi connectivity index (χ2n) is 9.86. The van der Waals surface area contributed by atoms with Crippen molar-refractivity contribution in [1.82, 2.24) is 0 Å². The first-order chi connectivity index (χ1) is 10.2. The summed E-state index contributed by atoms with van der Waals surface area (Å²) in [6, 6.07) is 6.55. The van der Waals surface area contributed by atoms with Crippen LogP contribution in [0.25, 0.3) is 0 Å². The van der Waals surface area contributed by atoms with E-state index in [9.17, 15) is 0 Å². The Morgan fingerprint density at radius 2 is 1.26 bits per heavy atom. The smallest absolute Gasteiger partial charge is 0.399 e. The molecule has 1 aromatic rings. The number of hydrogen-bond donors (Lipinski definition) is 0. The van der Waals surface area contributed by atoms with Crippen molar-refractivity contribution in [3.63, 3.8) is 0 Å². The molecule has 0 unspecified atom stereocenters. The number of benzene rings is 1. The van der Waals surface area contributed by atoms with Gasteiger partial charge in [0.15, 0.2) is 0 Å². The molecule has 1 saturated heterocycles. The highest BCUT2D eigenvalue weighted by Gasteiger charge is 2.52. The van der Waals surface area contributed by atoms with E-state index in [2.05, 4.69) is 87.4 Å². The van der Waals surface area contributed by atoms with Gasteiger partial charge in [-0.1, -0.05) is 59.7 Å². The molecule has 0 amide bonds. The maximum atomic E-state index is 6.33. The maximum absolute atomic E-state index is 6.33. The van der Waals surface area contributed by atoms with Crippen molar-refractivity contribution < 1.29 is 9.31 Å². The van der Waals surface area contributed by atoms with Crippen molar-refractivity contribution in [3.8, 4) is 0 Å². The third kappa shape index (κ3) is 3.37. The zero-order valence-electron chi connectivity index (χ0n) is 16.6. The molecule has 0 aliphatic carbocycles. The molecule has 1 aromatic carbocycles. The van der Waals surface area contributed by atoms with E-state index < -0.39 is 0 Å². The highest BCUT2D eigenvalue weighted by molar-refractivity contribution is 6.62. The van der Waals surface area contributed by atoms with Crippen molar-refractivity contribution in [2.45, 2.75) is 91.3 Å². The summed E-state index contributed by atoms with van der Waals surface area (Å²) in [5.74, 6) is 0. The van der Waals surface area contributed by atoms with Crippen LogP contribution in [-0.4, -0.2) is 18.3 Å². The van der Waals surface area contributed by atoms with E-state index in [-0.39, 0.29) is 29.2 Å². The quantitative estimate of drug-likeness (QED) is 0.706. The van der Waals surface area contributed by atoms with E-state index in [0.29, 0.717) is 0 Å². The van der Waals surface area contributed by atoms with Gasteiger partial charge in [-0.05, 0) is 55.1 Å². The van der Waals surface area contributed by atoms with Gasteiger partial charge in [0.1, 0.15) is 0 Å². The molecular formula is C20H33BO2. The van der Waals surface area contributed by atoms with Gasteiger partial charge in [0.2, 0.25) is 0 Å². The Hall–Kier alpha value is -0.795. The van der Waals surface area contributed by atoms with Crippen LogP contribution in [0.15, 0.2) is 18.2 Å². The van der Waals surface area contributed by atoms with E-state index >= 15 is 0 Å². The van der Waals surface area contributed by atoms with Gasteiger partial charge in [-0.3, -0.25) is 0 Å². The Balaban J connectivity index is 2.61. The molecule has 2 nitrogen and oxygen atoms in total. The Bertz CT molecular complexity index is 573. The van der Waals surface area contributed by atoms with Crippen molar-refractivity contribution >= 4 is 12.6 Å². The first-order valence-corrected chi connectivity index (χ1v) is 8.66.